The fourth-order valence-electron chi connectivity index (χ4n) is 3.17. The maximum absolute atomic E-state index is 12.0. The molecule has 1 fully saturated rings. The number of amides is 1. The average molecular weight is 347 g/mol. The molecule has 0 heterocycles. The summed E-state index contributed by atoms with van der Waals surface area (Å²) in [6, 6.07) is 5.80. The summed E-state index contributed by atoms with van der Waals surface area (Å²) in [6.07, 6.45) is 3.32. The maximum Gasteiger partial charge on any atom is 0.344 e. The molecule has 2 rings (SSSR count). The molecule has 1 amide bonds. The zero-order chi connectivity index (χ0) is 18.4. The molecule has 0 bridgehead atoms. The second-order valence-corrected chi connectivity index (χ2v) is 7.14. The first-order chi connectivity index (χ1) is 11.9. The molecular weight excluding hydrogens is 318 g/mol. The van der Waals surface area contributed by atoms with E-state index in [0.717, 1.165) is 24.0 Å². The van der Waals surface area contributed by atoms with E-state index in [-0.39, 0.29) is 25.2 Å². The van der Waals surface area contributed by atoms with Gasteiger partial charge in [-0.3, -0.25) is 4.79 Å². The van der Waals surface area contributed by atoms with Crippen LogP contribution in [-0.2, 0) is 14.3 Å². The van der Waals surface area contributed by atoms with Gasteiger partial charge in [0.15, 0.2) is 13.2 Å². The van der Waals surface area contributed by atoms with Gasteiger partial charge in [0.1, 0.15) is 5.75 Å². The van der Waals surface area contributed by atoms with Crippen LogP contribution in [0.3, 0.4) is 0 Å². The van der Waals surface area contributed by atoms with Gasteiger partial charge in [-0.1, -0.05) is 32.8 Å². The van der Waals surface area contributed by atoms with Gasteiger partial charge >= 0.3 is 5.97 Å². The fraction of sp³-hybridized carbons (Fsp3) is 0.600. The first kappa shape index (κ1) is 19.3. The van der Waals surface area contributed by atoms with Crippen molar-refractivity contribution in [3.63, 3.8) is 0 Å². The summed E-state index contributed by atoms with van der Waals surface area (Å²) in [4.78, 5) is 23.7. The number of carbonyl (C=O) groups excluding carboxylic acids is 2. The fourth-order valence-corrected chi connectivity index (χ4v) is 3.17. The number of carbonyl (C=O) groups is 2. The third-order valence-electron chi connectivity index (χ3n) is 5.25. The molecule has 5 heteroatoms. The monoisotopic (exact) mass is 347 g/mol. The molecule has 25 heavy (non-hydrogen) atoms. The highest BCUT2D eigenvalue weighted by Gasteiger charge is 2.28. The van der Waals surface area contributed by atoms with Gasteiger partial charge in [-0.05, 0) is 55.4 Å². The molecule has 1 saturated carbocycles. The number of nitrogens with one attached hydrogen (secondary N) is 1. The summed E-state index contributed by atoms with van der Waals surface area (Å²) in [6.45, 7) is 7.92. The second kappa shape index (κ2) is 8.88. The van der Waals surface area contributed by atoms with Crippen LogP contribution in [0.5, 0.6) is 5.75 Å². The highest BCUT2D eigenvalue weighted by Crippen LogP contribution is 2.29. The Labute approximate surface area is 150 Å². The van der Waals surface area contributed by atoms with Crippen molar-refractivity contribution in [2.45, 2.75) is 53.0 Å². The number of rotatable bonds is 6. The Morgan fingerprint density at radius 3 is 2.60 bits per heavy atom. The van der Waals surface area contributed by atoms with Crippen LogP contribution in [-0.4, -0.2) is 31.1 Å². The van der Waals surface area contributed by atoms with Crippen LogP contribution in [0.25, 0.3) is 0 Å². The van der Waals surface area contributed by atoms with E-state index in [1.54, 1.807) is 0 Å². The van der Waals surface area contributed by atoms with Gasteiger partial charge in [-0.15, -0.1) is 0 Å². The maximum atomic E-state index is 12.0. The minimum atomic E-state index is -0.543. The van der Waals surface area contributed by atoms with Gasteiger partial charge in [0.25, 0.3) is 5.91 Å². The van der Waals surface area contributed by atoms with Crippen molar-refractivity contribution >= 4 is 11.9 Å². The molecule has 0 aliphatic heterocycles. The molecule has 3 atom stereocenters. The van der Waals surface area contributed by atoms with E-state index in [0.29, 0.717) is 17.6 Å². The minimum Gasteiger partial charge on any atom is -0.482 e. The van der Waals surface area contributed by atoms with Crippen LogP contribution >= 0.6 is 0 Å². The third-order valence-corrected chi connectivity index (χ3v) is 5.25. The normalized spacial score (nSPS) is 23.0. The second-order valence-electron chi connectivity index (χ2n) is 7.14. The van der Waals surface area contributed by atoms with Crippen molar-refractivity contribution in [3.8, 4) is 5.75 Å². The van der Waals surface area contributed by atoms with Crippen LogP contribution < -0.4 is 10.1 Å². The molecule has 1 aromatic carbocycles. The topological polar surface area (TPSA) is 64.6 Å². The quantitative estimate of drug-likeness (QED) is 0.803. The van der Waals surface area contributed by atoms with E-state index in [2.05, 4.69) is 19.2 Å². The van der Waals surface area contributed by atoms with Crippen molar-refractivity contribution < 1.29 is 19.1 Å². The van der Waals surface area contributed by atoms with Gasteiger partial charge in [0, 0.05) is 6.04 Å². The molecule has 3 unspecified atom stereocenters. The van der Waals surface area contributed by atoms with Crippen LogP contribution in [0, 0.1) is 25.7 Å². The predicted molar refractivity (Wildman–Crippen MR) is 96.5 cm³/mol. The Kier molecular flexibility index (Phi) is 6.85. The van der Waals surface area contributed by atoms with E-state index in [1.165, 1.54) is 6.42 Å². The van der Waals surface area contributed by atoms with Crippen molar-refractivity contribution in [2.75, 3.05) is 13.2 Å². The smallest absolute Gasteiger partial charge is 0.344 e. The van der Waals surface area contributed by atoms with Gasteiger partial charge < -0.3 is 14.8 Å². The summed E-state index contributed by atoms with van der Waals surface area (Å²) in [5, 5.41) is 2.98. The Morgan fingerprint density at radius 2 is 1.88 bits per heavy atom. The van der Waals surface area contributed by atoms with Crippen molar-refractivity contribution in [1.29, 1.82) is 0 Å². The van der Waals surface area contributed by atoms with Gasteiger partial charge in [0.2, 0.25) is 0 Å². The summed E-state index contributed by atoms with van der Waals surface area (Å²) in [5.41, 5.74) is 2.26. The summed E-state index contributed by atoms with van der Waals surface area (Å²) in [5.74, 6) is 0.882. The molecular formula is C20H29NO4. The lowest BCUT2D eigenvalue weighted by molar-refractivity contribution is -0.150. The Bertz CT molecular complexity index is 614. The van der Waals surface area contributed by atoms with Gasteiger partial charge in [-0.25, -0.2) is 4.79 Å². The molecule has 0 aromatic heterocycles. The number of hydrogen-bond acceptors (Lipinski definition) is 4. The highest BCUT2D eigenvalue weighted by atomic mass is 16.6. The van der Waals surface area contributed by atoms with Gasteiger partial charge in [-0.2, -0.15) is 0 Å². The lowest BCUT2D eigenvalue weighted by atomic mass is 9.78. The van der Waals surface area contributed by atoms with Crippen LogP contribution in [0.4, 0.5) is 0 Å². The van der Waals surface area contributed by atoms with Crippen LogP contribution in [0.1, 0.15) is 44.2 Å². The standard InChI is InChI=1S/C20H29NO4/c1-13-8-9-17(10-15(13)3)24-12-20(23)25-11-19(22)21-18-7-5-6-14(2)16(18)4/h8-10,14,16,18H,5-7,11-12H2,1-4H3,(H,21,22). The van der Waals surface area contributed by atoms with E-state index in [1.807, 2.05) is 32.0 Å². The predicted octanol–water partition coefficient (Wildman–Crippen LogP) is 3.17. The SMILES string of the molecule is Cc1ccc(OCC(=O)OCC(=O)NC2CCCC(C)C2C)cc1C. The molecule has 1 aliphatic rings. The van der Waals surface area contributed by atoms with Crippen LogP contribution in [0.15, 0.2) is 18.2 Å². The average Bonchev–Trinajstić information content (AvgIpc) is 2.58. The number of aryl methyl sites for hydroxylation is 2. The minimum absolute atomic E-state index is 0.168. The van der Waals surface area contributed by atoms with Crippen LogP contribution in [0.2, 0.25) is 0 Å². The number of ether oxygens (including phenoxy) is 2. The van der Waals surface area contributed by atoms with Crippen molar-refractivity contribution in [1.82, 2.24) is 5.32 Å². The summed E-state index contributed by atoms with van der Waals surface area (Å²) < 4.78 is 10.4. The lowest BCUT2D eigenvalue weighted by Gasteiger charge is -2.34. The summed E-state index contributed by atoms with van der Waals surface area (Å²) >= 11 is 0. The zero-order valence-electron chi connectivity index (χ0n) is 15.6. The molecule has 5 nitrogen and oxygen atoms in total. The number of hydrogen-bond donors (Lipinski definition) is 1. The number of benzene rings is 1. The number of esters is 1. The molecule has 0 radical (unpaired) electrons. The lowest BCUT2D eigenvalue weighted by Crippen LogP contribution is -2.45. The van der Waals surface area contributed by atoms with E-state index in [9.17, 15) is 9.59 Å². The highest BCUT2D eigenvalue weighted by molar-refractivity contribution is 5.81. The Balaban J connectivity index is 1.70. The first-order valence-corrected chi connectivity index (χ1v) is 9.02. The third kappa shape index (κ3) is 5.76. The molecule has 1 aliphatic carbocycles. The van der Waals surface area contributed by atoms with E-state index in [4.69, 9.17) is 9.47 Å². The van der Waals surface area contributed by atoms with Crippen molar-refractivity contribution in [3.05, 3.63) is 29.3 Å². The largest absolute Gasteiger partial charge is 0.482 e. The molecule has 0 spiro atoms. The molecule has 1 aromatic rings. The van der Waals surface area contributed by atoms with E-state index >= 15 is 0 Å². The van der Waals surface area contributed by atoms with E-state index < -0.39 is 5.97 Å². The Morgan fingerprint density at radius 1 is 1.12 bits per heavy atom. The Hall–Kier alpha value is -2.04. The first-order valence-electron chi connectivity index (χ1n) is 9.02. The molecule has 138 valence electrons. The molecule has 1 N–H and O–H groups in total. The zero-order valence-corrected chi connectivity index (χ0v) is 15.6. The van der Waals surface area contributed by atoms with Gasteiger partial charge in [0.05, 0.1) is 0 Å². The van der Waals surface area contributed by atoms with Crippen molar-refractivity contribution in [2.24, 2.45) is 11.8 Å². The molecule has 0 saturated heterocycles. The summed E-state index contributed by atoms with van der Waals surface area (Å²) in [7, 11) is 0.